The molecule has 0 spiro atoms. The summed E-state index contributed by atoms with van der Waals surface area (Å²) in [5, 5.41) is 6.82. The first-order valence-corrected chi connectivity index (χ1v) is 7.23. The Balaban J connectivity index is 2.21. The number of rotatable bonds is 5. The molecule has 0 N–H and O–H groups in total. The van der Waals surface area contributed by atoms with Gasteiger partial charge in [0.25, 0.3) is 0 Å². The standard InChI is InChI=1S/C13H15ClN2OS/c1-3-9-7-10(16(4-2)15-9)8-12(17)13-11(14)5-6-18-13/h5-7H,3-4,8H2,1-2H3. The number of nitrogens with zero attached hydrogens (tertiary/aromatic N) is 2. The van der Waals surface area contributed by atoms with Crippen molar-refractivity contribution in [3.63, 3.8) is 0 Å². The molecule has 0 aliphatic heterocycles. The number of carbonyl (C=O) groups is 1. The Labute approximate surface area is 115 Å². The average molecular weight is 283 g/mol. The second kappa shape index (κ2) is 5.67. The van der Waals surface area contributed by atoms with E-state index in [2.05, 4.69) is 12.0 Å². The number of carbonyl (C=O) groups excluding carboxylic acids is 1. The minimum absolute atomic E-state index is 0.0623. The van der Waals surface area contributed by atoms with Gasteiger partial charge in [-0.1, -0.05) is 18.5 Å². The van der Waals surface area contributed by atoms with Crippen molar-refractivity contribution >= 4 is 28.7 Å². The lowest BCUT2D eigenvalue weighted by Crippen LogP contribution is -2.09. The van der Waals surface area contributed by atoms with Gasteiger partial charge in [0.1, 0.15) is 0 Å². The van der Waals surface area contributed by atoms with Crippen LogP contribution in [0.3, 0.4) is 0 Å². The topological polar surface area (TPSA) is 34.9 Å². The third-order valence-corrected chi connectivity index (χ3v) is 4.17. The van der Waals surface area contributed by atoms with Gasteiger partial charge in [0.05, 0.1) is 22.0 Å². The van der Waals surface area contributed by atoms with Crippen molar-refractivity contribution in [1.29, 1.82) is 0 Å². The molecule has 5 heteroatoms. The van der Waals surface area contributed by atoms with Gasteiger partial charge >= 0.3 is 0 Å². The first-order valence-electron chi connectivity index (χ1n) is 5.97. The number of thiophene rings is 1. The Morgan fingerprint density at radius 1 is 1.50 bits per heavy atom. The van der Waals surface area contributed by atoms with E-state index in [9.17, 15) is 4.79 Å². The highest BCUT2D eigenvalue weighted by Gasteiger charge is 2.15. The first kappa shape index (κ1) is 13.3. The summed E-state index contributed by atoms with van der Waals surface area (Å²) in [7, 11) is 0. The Morgan fingerprint density at radius 2 is 2.28 bits per heavy atom. The van der Waals surface area contributed by atoms with Crippen LogP contribution in [-0.4, -0.2) is 15.6 Å². The van der Waals surface area contributed by atoms with Gasteiger partial charge in [0, 0.05) is 12.2 Å². The highest BCUT2D eigenvalue weighted by Crippen LogP contribution is 2.23. The van der Waals surface area contributed by atoms with Crippen LogP contribution in [0.25, 0.3) is 0 Å². The largest absolute Gasteiger partial charge is 0.293 e. The maximum absolute atomic E-state index is 12.1. The fourth-order valence-electron chi connectivity index (χ4n) is 1.84. The van der Waals surface area contributed by atoms with E-state index in [0.29, 0.717) is 16.3 Å². The second-order valence-electron chi connectivity index (χ2n) is 3.99. The molecule has 3 nitrogen and oxygen atoms in total. The highest BCUT2D eigenvalue weighted by atomic mass is 35.5. The van der Waals surface area contributed by atoms with Crippen LogP contribution < -0.4 is 0 Å². The van der Waals surface area contributed by atoms with Crippen molar-refractivity contribution in [2.75, 3.05) is 0 Å². The SMILES string of the molecule is CCc1cc(CC(=O)c2sccc2Cl)n(CC)n1. The van der Waals surface area contributed by atoms with Gasteiger partial charge in [0.2, 0.25) is 0 Å². The van der Waals surface area contributed by atoms with E-state index in [1.807, 2.05) is 23.1 Å². The molecule has 0 aromatic carbocycles. The zero-order valence-electron chi connectivity index (χ0n) is 10.4. The fraction of sp³-hybridized carbons (Fsp3) is 0.385. The van der Waals surface area contributed by atoms with Gasteiger partial charge in [-0.05, 0) is 30.9 Å². The van der Waals surface area contributed by atoms with Crippen LogP contribution in [0.15, 0.2) is 17.5 Å². The van der Waals surface area contributed by atoms with E-state index in [1.54, 1.807) is 6.07 Å². The minimum Gasteiger partial charge on any atom is -0.293 e. The smallest absolute Gasteiger partial charge is 0.180 e. The monoisotopic (exact) mass is 282 g/mol. The Morgan fingerprint density at radius 3 is 2.83 bits per heavy atom. The van der Waals surface area contributed by atoms with Crippen LogP contribution in [-0.2, 0) is 19.4 Å². The zero-order valence-corrected chi connectivity index (χ0v) is 12.0. The molecule has 2 rings (SSSR count). The van der Waals surface area contributed by atoms with Crippen molar-refractivity contribution in [3.05, 3.63) is 38.8 Å². The summed E-state index contributed by atoms with van der Waals surface area (Å²) in [5.74, 6) is 0.0623. The quantitative estimate of drug-likeness (QED) is 0.785. The van der Waals surface area contributed by atoms with Gasteiger partial charge in [-0.25, -0.2) is 0 Å². The molecule has 96 valence electrons. The first-order chi connectivity index (χ1) is 8.65. The summed E-state index contributed by atoms with van der Waals surface area (Å²) >= 11 is 7.37. The highest BCUT2D eigenvalue weighted by molar-refractivity contribution is 7.12. The average Bonchev–Trinajstić information content (AvgIpc) is 2.95. The van der Waals surface area contributed by atoms with E-state index >= 15 is 0 Å². The third kappa shape index (κ3) is 2.65. The normalized spacial score (nSPS) is 10.8. The lowest BCUT2D eigenvalue weighted by atomic mass is 10.1. The van der Waals surface area contributed by atoms with Gasteiger partial charge in [0.15, 0.2) is 5.78 Å². The molecule has 2 aromatic rings. The summed E-state index contributed by atoms with van der Waals surface area (Å²) in [6, 6.07) is 3.76. The number of hydrogen-bond acceptors (Lipinski definition) is 3. The molecule has 18 heavy (non-hydrogen) atoms. The van der Waals surface area contributed by atoms with E-state index in [0.717, 1.165) is 24.4 Å². The molecule has 2 aromatic heterocycles. The van der Waals surface area contributed by atoms with Gasteiger partial charge in [-0.2, -0.15) is 5.10 Å². The Hall–Kier alpha value is -1.13. The molecule has 0 unspecified atom stereocenters. The Kier molecular flexibility index (Phi) is 4.19. The molecular formula is C13H15ClN2OS. The molecule has 0 fully saturated rings. The molecule has 0 bridgehead atoms. The lowest BCUT2D eigenvalue weighted by Gasteiger charge is -2.03. The van der Waals surface area contributed by atoms with Crippen LogP contribution in [0.2, 0.25) is 5.02 Å². The van der Waals surface area contributed by atoms with Crippen molar-refractivity contribution in [2.45, 2.75) is 33.2 Å². The number of ketones is 1. The van der Waals surface area contributed by atoms with Gasteiger partial charge in [-0.3, -0.25) is 9.48 Å². The molecule has 0 aliphatic rings. The van der Waals surface area contributed by atoms with E-state index in [-0.39, 0.29) is 5.78 Å². The maximum atomic E-state index is 12.1. The second-order valence-corrected chi connectivity index (χ2v) is 5.32. The van der Waals surface area contributed by atoms with Crippen molar-refractivity contribution in [1.82, 2.24) is 9.78 Å². The number of halogens is 1. The lowest BCUT2D eigenvalue weighted by molar-refractivity contribution is 0.0994. The number of hydrogen-bond donors (Lipinski definition) is 0. The van der Waals surface area contributed by atoms with Crippen LogP contribution >= 0.6 is 22.9 Å². The molecular weight excluding hydrogens is 268 g/mol. The molecule has 2 heterocycles. The zero-order chi connectivity index (χ0) is 13.1. The van der Waals surface area contributed by atoms with Gasteiger partial charge in [-0.15, -0.1) is 11.3 Å². The summed E-state index contributed by atoms with van der Waals surface area (Å²) in [6.07, 6.45) is 1.25. The van der Waals surface area contributed by atoms with Crippen LogP contribution in [0, 0.1) is 0 Å². The number of aromatic nitrogens is 2. The number of Topliss-reactive ketones (excluding diaryl/α,β-unsaturated/α-hetero) is 1. The third-order valence-electron chi connectivity index (χ3n) is 2.79. The summed E-state index contributed by atoms with van der Waals surface area (Å²) in [6.45, 7) is 4.86. The van der Waals surface area contributed by atoms with Crippen molar-refractivity contribution in [3.8, 4) is 0 Å². The molecule has 0 saturated carbocycles. The summed E-state index contributed by atoms with van der Waals surface area (Å²) < 4.78 is 1.89. The van der Waals surface area contributed by atoms with Crippen LogP contribution in [0.1, 0.15) is 34.9 Å². The molecule has 0 aliphatic carbocycles. The van der Waals surface area contributed by atoms with E-state index in [4.69, 9.17) is 11.6 Å². The van der Waals surface area contributed by atoms with Crippen molar-refractivity contribution in [2.24, 2.45) is 0 Å². The summed E-state index contributed by atoms with van der Waals surface area (Å²) in [5.41, 5.74) is 1.99. The summed E-state index contributed by atoms with van der Waals surface area (Å²) in [4.78, 5) is 12.8. The van der Waals surface area contributed by atoms with Crippen molar-refractivity contribution < 1.29 is 4.79 Å². The van der Waals surface area contributed by atoms with Crippen LogP contribution in [0.5, 0.6) is 0 Å². The molecule has 0 amide bonds. The minimum atomic E-state index is 0.0623. The predicted molar refractivity (Wildman–Crippen MR) is 74.6 cm³/mol. The molecule has 0 atom stereocenters. The maximum Gasteiger partial charge on any atom is 0.180 e. The van der Waals surface area contributed by atoms with E-state index < -0.39 is 0 Å². The number of aryl methyl sites for hydroxylation is 2. The molecule has 0 saturated heterocycles. The van der Waals surface area contributed by atoms with Crippen LogP contribution in [0.4, 0.5) is 0 Å². The molecule has 0 radical (unpaired) electrons. The fourth-order valence-corrected chi connectivity index (χ4v) is 2.94. The van der Waals surface area contributed by atoms with Gasteiger partial charge < -0.3 is 0 Å². The van der Waals surface area contributed by atoms with E-state index in [1.165, 1.54) is 11.3 Å². The predicted octanol–water partition coefficient (Wildman–Crippen LogP) is 3.61. The Bertz CT molecular complexity index is 559.